The van der Waals surface area contributed by atoms with E-state index < -0.39 is 10.4 Å². The van der Waals surface area contributed by atoms with Crippen LogP contribution >= 0.6 is 0 Å². The number of hydrogen-bond acceptors (Lipinski definition) is 5. The Balaban J connectivity index is 0. The lowest BCUT2D eigenvalue weighted by Gasteiger charge is -1.89. The minimum atomic E-state index is -4.16. The maximum absolute atomic E-state index is 9.33. The van der Waals surface area contributed by atoms with Gasteiger partial charge >= 0.3 is 10.4 Å². The molecule has 0 saturated heterocycles. The Kier molecular flexibility index (Phi) is 7.80. The molecule has 0 aromatic heterocycles. The van der Waals surface area contributed by atoms with Crippen molar-refractivity contribution in [2.45, 2.75) is 0 Å². The van der Waals surface area contributed by atoms with Gasteiger partial charge in [0.2, 0.25) is 0 Å². The van der Waals surface area contributed by atoms with Gasteiger partial charge in [0.05, 0.1) is 14.2 Å². The van der Waals surface area contributed by atoms with Gasteiger partial charge in [-0.3, -0.25) is 8.74 Å². The molecule has 0 saturated carbocycles. The molecular weight excluding hydrogens is 188 g/mol. The molecule has 0 atom stereocenters. The van der Waals surface area contributed by atoms with Gasteiger partial charge in [0.25, 0.3) is 6.02 Å². The predicted octanol–water partition coefficient (Wildman–Crippen LogP) is -0.987. The molecule has 0 aromatic carbocycles. The highest BCUT2D eigenvalue weighted by atomic mass is 32.3. The molecule has 0 rings (SSSR count). The maximum Gasteiger partial charge on any atom is 0.397 e. The summed E-state index contributed by atoms with van der Waals surface area (Å²) < 4.78 is 34.1. The normalized spacial score (nSPS) is 11.5. The van der Waals surface area contributed by atoms with Crippen molar-refractivity contribution in [3.63, 3.8) is 0 Å². The number of nitrogens with zero attached hydrogens (tertiary/aromatic N) is 1. The highest BCUT2D eigenvalue weighted by molar-refractivity contribution is 7.80. The van der Waals surface area contributed by atoms with Crippen LogP contribution in [0.25, 0.3) is 0 Å². The Labute approximate surface area is 71.1 Å². The number of rotatable bonds is 1. The summed E-state index contributed by atoms with van der Waals surface area (Å²) in [4.78, 5) is 3.48. The van der Waals surface area contributed by atoms with Crippen LogP contribution in [0.4, 0.5) is 0 Å². The summed E-state index contributed by atoms with van der Waals surface area (Å²) in [7, 11) is -0.249. The fourth-order valence-electron chi connectivity index (χ4n) is 0.0913. The third kappa shape index (κ3) is 16.1. The van der Waals surface area contributed by atoms with Crippen LogP contribution in [-0.2, 0) is 19.3 Å². The average molecular weight is 200 g/mol. The van der Waals surface area contributed by atoms with E-state index in [-0.39, 0.29) is 6.02 Å². The minimum absolute atomic E-state index is 0.218. The van der Waals surface area contributed by atoms with E-state index in [1.807, 2.05) is 0 Å². The van der Waals surface area contributed by atoms with E-state index in [4.69, 9.17) is 10.3 Å². The Morgan fingerprint density at radius 3 is 1.83 bits per heavy atom. The summed E-state index contributed by atoms with van der Waals surface area (Å²) in [5.41, 5.74) is 5.00. The largest absolute Gasteiger partial charge is 0.469 e. The number of ether oxygens (including phenoxy) is 1. The van der Waals surface area contributed by atoms with Gasteiger partial charge in [-0.2, -0.15) is 8.42 Å². The number of hydrogen-bond donors (Lipinski definition) is 2. The van der Waals surface area contributed by atoms with E-state index in [1.54, 1.807) is 7.05 Å². The summed E-state index contributed by atoms with van der Waals surface area (Å²) in [6.45, 7) is 0. The third-order valence-corrected chi connectivity index (χ3v) is 1.06. The zero-order chi connectivity index (χ0) is 10.2. The lowest BCUT2D eigenvalue weighted by atomic mass is 11.1. The molecule has 0 radical (unpaired) electrons. The summed E-state index contributed by atoms with van der Waals surface area (Å²) in [5, 5.41) is 0. The van der Waals surface area contributed by atoms with Crippen molar-refractivity contribution in [1.82, 2.24) is 0 Å². The SMILES string of the molecule is CN=C(N)OC.COS(=O)(=O)O. The Hall–Kier alpha value is -0.860. The van der Waals surface area contributed by atoms with E-state index in [0.29, 0.717) is 0 Å². The first-order chi connectivity index (χ1) is 5.37. The van der Waals surface area contributed by atoms with Crippen LogP contribution in [0, 0.1) is 0 Å². The van der Waals surface area contributed by atoms with Gasteiger partial charge in [0.1, 0.15) is 0 Å². The Morgan fingerprint density at radius 2 is 1.83 bits per heavy atom. The van der Waals surface area contributed by atoms with Crippen molar-refractivity contribution in [2.75, 3.05) is 21.3 Å². The quantitative estimate of drug-likeness (QED) is 0.319. The number of nitrogens with two attached hydrogens (primary N) is 1. The second-order valence-corrected chi connectivity index (χ2v) is 2.55. The van der Waals surface area contributed by atoms with Crippen LogP contribution in [-0.4, -0.2) is 40.3 Å². The van der Waals surface area contributed by atoms with E-state index in [2.05, 4.69) is 13.9 Å². The Bertz CT molecular complexity index is 222. The van der Waals surface area contributed by atoms with Crippen molar-refractivity contribution in [1.29, 1.82) is 0 Å². The monoisotopic (exact) mass is 200 g/mol. The van der Waals surface area contributed by atoms with Gasteiger partial charge < -0.3 is 10.5 Å². The van der Waals surface area contributed by atoms with Crippen molar-refractivity contribution < 1.29 is 21.9 Å². The molecule has 3 N–H and O–H groups in total. The molecule has 0 heterocycles. The molecule has 0 fully saturated rings. The first-order valence-corrected chi connectivity index (χ1v) is 4.03. The van der Waals surface area contributed by atoms with Gasteiger partial charge in [-0.15, -0.1) is 0 Å². The van der Waals surface area contributed by atoms with Gasteiger partial charge in [0.15, 0.2) is 0 Å². The van der Waals surface area contributed by atoms with Crippen LogP contribution < -0.4 is 5.73 Å². The Morgan fingerprint density at radius 1 is 1.50 bits per heavy atom. The zero-order valence-electron chi connectivity index (χ0n) is 7.01. The molecule has 12 heavy (non-hydrogen) atoms. The molecule has 7 nitrogen and oxygen atoms in total. The van der Waals surface area contributed by atoms with Crippen LogP contribution in [0.3, 0.4) is 0 Å². The molecule has 0 aliphatic heterocycles. The second kappa shape index (κ2) is 6.83. The minimum Gasteiger partial charge on any atom is -0.469 e. The van der Waals surface area contributed by atoms with Crippen molar-refractivity contribution in [3.05, 3.63) is 0 Å². The van der Waals surface area contributed by atoms with E-state index in [9.17, 15) is 8.42 Å². The number of methoxy groups -OCH3 is 1. The van der Waals surface area contributed by atoms with Crippen molar-refractivity contribution in [3.8, 4) is 0 Å². The lowest BCUT2D eigenvalue weighted by Crippen LogP contribution is -2.12. The van der Waals surface area contributed by atoms with Crippen molar-refractivity contribution >= 4 is 16.4 Å². The highest BCUT2D eigenvalue weighted by Gasteiger charge is 1.94. The van der Waals surface area contributed by atoms with E-state index >= 15 is 0 Å². The second-order valence-electron chi connectivity index (χ2n) is 1.36. The molecule has 0 spiro atoms. The fourth-order valence-corrected chi connectivity index (χ4v) is 0.0913. The third-order valence-electron chi connectivity index (χ3n) is 0.640. The first-order valence-electron chi connectivity index (χ1n) is 2.66. The summed E-state index contributed by atoms with van der Waals surface area (Å²) >= 11 is 0. The first kappa shape index (κ1) is 13.7. The predicted molar refractivity (Wildman–Crippen MR) is 43.1 cm³/mol. The maximum atomic E-state index is 9.33. The average Bonchev–Trinajstić information content (AvgIpc) is 2.03. The lowest BCUT2D eigenvalue weighted by molar-refractivity contribution is 0.324. The van der Waals surface area contributed by atoms with E-state index in [0.717, 1.165) is 7.11 Å². The molecule has 0 aromatic rings. The molecule has 74 valence electrons. The summed E-state index contributed by atoms with van der Waals surface area (Å²) in [5.74, 6) is 0. The number of aliphatic imine (C=N–C) groups is 1. The van der Waals surface area contributed by atoms with Gasteiger partial charge in [-0.1, -0.05) is 0 Å². The number of amidine groups is 1. The zero-order valence-corrected chi connectivity index (χ0v) is 7.83. The molecule has 0 aliphatic carbocycles. The van der Waals surface area contributed by atoms with Crippen LogP contribution in [0.15, 0.2) is 4.99 Å². The van der Waals surface area contributed by atoms with Crippen molar-refractivity contribution in [2.24, 2.45) is 10.7 Å². The van der Waals surface area contributed by atoms with Gasteiger partial charge in [-0.25, -0.2) is 4.99 Å². The van der Waals surface area contributed by atoms with Gasteiger partial charge in [0, 0.05) is 7.05 Å². The smallest absolute Gasteiger partial charge is 0.397 e. The van der Waals surface area contributed by atoms with Crippen LogP contribution in [0.1, 0.15) is 0 Å². The standard InChI is InChI=1S/C3H8N2O.CH4O4S/c1-5-3(4)6-2;1-5-6(2,3)4/h1-2H3,(H2,4,5);1H3,(H,2,3,4). The van der Waals surface area contributed by atoms with Crippen LogP contribution in [0.5, 0.6) is 0 Å². The summed E-state index contributed by atoms with van der Waals surface area (Å²) in [6, 6.07) is 0.218. The van der Waals surface area contributed by atoms with Crippen LogP contribution in [0.2, 0.25) is 0 Å². The topological polar surface area (TPSA) is 111 Å². The van der Waals surface area contributed by atoms with Gasteiger partial charge in [-0.05, 0) is 0 Å². The molecule has 0 amide bonds. The highest BCUT2D eigenvalue weighted by Crippen LogP contribution is 1.74. The van der Waals surface area contributed by atoms with E-state index in [1.165, 1.54) is 7.11 Å². The molecule has 8 heteroatoms. The molecule has 0 unspecified atom stereocenters. The molecular formula is C4H12N2O5S. The molecule has 0 aliphatic rings. The fraction of sp³-hybridized carbons (Fsp3) is 0.750. The molecule has 0 bridgehead atoms. The summed E-state index contributed by atoms with van der Waals surface area (Å²) in [6.07, 6.45) is 0.